The summed E-state index contributed by atoms with van der Waals surface area (Å²) in [6, 6.07) is 11.7. The zero-order valence-corrected chi connectivity index (χ0v) is 17.2. The van der Waals surface area contributed by atoms with Crippen molar-refractivity contribution in [2.24, 2.45) is 0 Å². The molecule has 1 amide bonds. The van der Waals surface area contributed by atoms with Gasteiger partial charge in [-0.2, -0.15) is 18.2 Å². The van der Waals surface area contributed by atoms with E-state index in [-0.39, 0.29) is 10.7 Å². The second-order valence-corrected chi connectivity index (χ2v) is 7.99. The van der Waals surface area contributed by atoms with Crippen LogP contribution >= 0.6 is 23.4 Å². The minimum atomic E-state index is -5.12. The number of hydrogen-bond acceptors (Lipinski definition) is 6. The molecule has 0 saturated heterocycles. The number of halogens is 4. The molecule has 1 atom stereocenters. The van der Waals surface area contributed by atoms with E-state index < -0.39 is 17.7 Å². The van der Waals surface area contributed by atoms with Gasteiger partial charge in [-0.25, -0.2) is 0 Å². The second kappa shape index (κ2) is 8.29. The molecular formula is C19H15ClF3N3O3S. The molecule has 0 saturated carbocycles. The van der Waals surface area contributed by atoms with Gasteiger partial charge in [-0.15, -0.1) is 0 Å². The molecule has 0 bridgehead atoms. The molecule has 0 radical (unpaired) electrons. The molecule has 6 nitrogen and oxygen atoms in total. The number of hydrogen-bond donors (Lipinski definition) is 2. The van der Waals surface area contributed by atoms with E-state index in [0.717, 1.165) is 10.5 Å². The average molecular weight is 458 g/mol. The predicted octanol–water partition coefficient (Wildman–Crippen LogP) is 5.10. The minimum absolute atomic E-state index is 0.0317. The molecule has 0 fully saturated rings. The maximum absolute atomic E-state index is 12.8. The maximum Gasteiger partial charge on any atom is 0.426 e. The first-order chi connectivity index (χ1) is 14.0. The third-order valence-electron chi connectivity index (χ3n) is 4.05. The molecule has 0 aliphatic carbocycles. The summed E-state index contributed by atoms with van der Waals surface area (Å²) in [5.41, 5.74) is -2.83. The van der Waals surface area contributed by atoms with Crippen molar-refractivity contribution in [1.82, 2.24) is 10.1 Å². The lowest BCUT2D eigenvalue weighted by molar-refractivity contribution is -0.242. The van der Waals surface area contributed by atoms with E-state index in [2.05, 4.69) is 10.1 Å². The number of nitrogens with one attached hydrogen (secondary N) is 1. The molecule has 0 aliphatic heterocycles. The van der Waals surface area contributed by atoms with E-state index in [1.807, 2.05) is 29.6 Å². The average Bonchev–Trinajstić information content (AvgIpc) is 3.10. The monoisotopic (exact) mass is 457 g/mol. The highest BCUT2D eigenvalue weighted by Crippen LogP contribution is 2.35. The Kier molecular flexibility index (Phi) is 6.11. The van der Waals surface area contributed by atoms with Crippen molar-refractivity contribution in [3.8, 4) is 11.5 Å². The molecule has 3 rings (SSSR count). The first-order valence-electron chi connectivity index (χ1n) is 8.46. The lowest BCUT2D eigenvalue weighted by atomic mass is 10.1. The Morgan fingerprint density at radius 2 is 1.80 bits per heavy atom. The van der Waals surface area contributed by atoms with Crippen LogP contribution in [-0.2, 0) is 4.79 Å². The molecule has 2 aromatic carbocycles. The number of carbonyl (C=O) groups is 1. The molecule has 158 valence electrons. The summed E-state index contributed by atoms with van der Waals surface area (Å²) in [4.78, 5) is 17.5. The summed E-state index contributed by atoms with van der Waals surface area (Å²) in [6.07, 6.45) is -5.12. The van der Waals surface area contributed by atoms with Gasteiger partial charge in [0.15, 0.2) is 5.82 Å². The highest BCUT2D eigenvalue weighted by molar-refractivity contribution is 7.99. The van der Waals surface area contributed by atoms with Crippen LogP contribution in [0.2, 0.25) is 5.02 Å². The number of benzene rings is 2. The third kappa shape index (κ3) is 4.77. The van der Waals surface area contributed by atoms with Gasteiger partial charge in [0.1, 0.15) is 0 Å². The fraction of sp³-hybridized carbons (Fsp3) is 0.211. The minimum Gasteiger partial charge on any atom is -0.373 e. The van der Waals surface area contributed by atoms with Crippen LogP contribution in [0.3, 0.4) is 0 Å². The summed E-state index contributed by atoms with van der Waals surface area (Å²) in [5.74, 6) is -0.687. The molecule has 0 spiro atoms. The molecule has 0 aliphatic rings. The predicted molar refractivity (Wildman–Crippen MR) is 105 cm³/mol. The van der Waals surface area contributed by atoms with Gasteiger partial charge in [0, 0.05) is 15.4 Å². The number of rotatable bonds is 5. The van der Waals surface area contributed by atoms with Crippen LogP contribution in [-0.4, -0.2) is 32.9 Å². The van der Waals surface area contributed by atoms with Crippen LogP contribution in [0.4, 0.5) is 18.9 Å². The highest BCUT2D eigenvalue weighted by Gasteiger charge is 2.55. The summed E-state index contributed by atoms with van der Waals surface area (Å²) in [7, 11) is 0. The third-order valence-corrected chi connectivity index (χ3v) is 5.36. The largest absolute Gasteiger partial charge is 0.426 e. The Labute approximate surface area is 178 Å². The first-order valence-corrected chi connectivity index (χ1v) is 9.65. The van der Waals surface area contributed by atoms with Gasteiger partial charge in [0.05, 0.1) is 10.7 Å². The van der Waals surface area contributed by atoms with Crippen molar-refractivity contribution < 1.29 is 27.6 Å². The van der Waals surface area contributed by atoms with Crippen LogP contribution in [0.25, 0.3) is 11.5 Å². The van der Waals surface area contributed by atoms with E-state index >= 15 is 0 Å². The lowest BCUT2D eigenvalue weighted by Crippen LogP contribution is -2.52. The number of anilines is 1. The summed E-state index contributed by atoms with van der Waals surface area (Å²) in [5, 5.41) is 15.2. The maximum atomic E-state index is 12.8. The van der Waals surface area contributed by atoms with E-state index in [1.165, 1.54) is 23.9 Å². The number of aryl methyl sites for hydroxylation is 1. The Hall–Kier alpha value is -2.56. The van der Waals surface area contributed by atoms with E-state index in [9.17, 15) is 23.1 Å². The van der Waals surface area contributed by atoms with Crippen LogP contribution in [0.1, 0.15) is 12.7 Å². The van der Waals surface area contributed by atoms with E-state index in [0.29, 0.717) is 23.5 Å². The summed E-state index contributed by atoms with van der Waals surface area (Å²) >= 11 is 7.45. The van der Waals surface area contributed by atoms with Gasteiger partial charge in [-0.3, -0.25) is 4.79 Å². The molecule has 11 heteroatoms. The van der Waals surface area contributed by atoms with Crippen molar-refractivity contribution in [1.29, 1.82) is 0 Å². The summed E-state index contributed by atoms with van der Waals surface area (Å²) in [6.45, 7) is 2.09. The van der Waals surface area contributed by atoms with Crippen molar-refractivity contribution in [3.05, 3.63) is 53.3 Å². The lowest BCUT2D eigenvalue weighted by Gasteiger charge is -2.25. The number of alkyl halides is 3. The fourth-order valence-electron chi connectivity index (χ4n) is 2.25. The SMILES string of the molecule is Cc1noc(-c2ccc(Sc3ccc(NC(=O)C(C)(O)C(F)(F)F)c(Cl)c3)cc2)n1. The second-order valence-electron chi connectivity index (χ2n) is 6.44. The molecule has 1 unspecified atom stereocenters. The van der Waals surface area contributed by atoms with Crippen molar-refractivity contribution in [3.63, 3.8) is 0 Å². The van der Waals surface area contributed by atoms with Crippen LogP contribution < -0.4 is 5.32 Å². The Bertz CT molecular complexity index is 1070. The van der Waals surface area contributed by atoms with Crippen LogP contribution in [0, 0.1) is 6.92 Å². The van der Waals surface area contributed by atoms with Crippen molar-refractivity contribution in [2.45, 2.75) is 35.4 Å². The quantitative estimate of drug-likeness (QED) is 0.554. The fourth-order valence-corrected chi connectivity index (χ4v) is 3.40. The van der Waals surface area contributed by atoms with Gasteiger partial charge in [0.25, 0.3) is 11.8 Å². The van der Waals surface area contributed by atoms with Crippen LogP contribution in [0.15, 0.2) is 56.8 Å². The number of aromatic nitrogens is 2. The molecule has 1 heterocycles. The molecule has 1 aromatic heterocycles. The zero-order valence-electron chi connectivity index (χ0n) is 15.6. The highest BCUT2D eigenvalue weighted by atomic mass is 35.5. The molecule has 30 heavy (non-hydrogen) atoms. The first kappa shape index (κ1) is 22.1. The normalized spacial score (nSPS) is 13.7. The smallest absolute Gasteiger partial charge is 0.373 e. The number of amides is 1. The Morgan fingerprint density at radius 1 is 1.17 bits per heavy atom. The number of carbonyl (C=O) groups excluding carboxylic acids is 1. The van der Waals surface area contributed by atoms with Crippen LogP contribution in [0.5, 0.6) is 0 Å². The number of nitrogens with zero attached hydrogens (tertiary/aromatic N) is 2. The van der Waals surface area contributed by atoms with E-state index in [1.54, 1.807) is 13.0 Å². The summed E-state index contributed by atoms with van der Waals surface area (Å²) < 4.78 is 43.4. The molecule has 3 aromatic rings. The molecular weight excluding hydrogens is 443 g/mol. The molecule has 2 N–H and O–H groups in total. The zero-order chi connectivity index (χ0) is 22.1. The Morgan fingerprint density at radius 3 is 2.33 bits per heavy atom. The van der Waals surface area contributed by atoms with Gasteiger partial charge in [0.2, 0.25) is 5.60 Å². The van der Waals surface area contributed by atoms with E-state index in [4.69, 9.17) is 16.1 Å². The standard InChI is InChI=1S/C19H15ClF3N3O3S/c1-10-24-16(29-26-10)11-3-5-12(6-4-11)30-13-7-8-15(14(20)9-13)25-17(27)18(2,28)19(21,22)23/h3-9,28H,1-2H3,(H,25,27). The van der Waals surface area contributed by atoms with Gasteiger partial charge >= 0.3 is 6.18 Å². The van der Waals surface area contributed by atoms with Gasteiger partial charge in [-0.05, 0) is 56.3 Å². The van der Waals surface area contributed by atoms with Crippen molar-refractivity contribution >= 4 is 35.0 Å². The van der Waals surface area contributed by atoms with Gasteiger partial charge < -0.3 is 14.9 Å². The number of aliphatic hydroxyl groups is 1. The Balaban J connectivity index is 1.70. The van der Waals surface area contributed by atoms with Gasteiger partial charge in [-0.1, -0.05) is 28.5 Å². The topological polar surface area (TPSA) is 88.2 Å². The van der Waals surface area contributed by atoms with Crippen molar-refractivity contribution in [2.75, 3.05) is 5.32 Å².